The van der Waals surface area contributed by atoms with Gasteiger partial charge < -0.3 is 10.2 Å². The molecule has 0 aliphatic heterocycles. The summed E-state index contributed by atoms with van der Waals surface area (Å²) in [5, 5.41) is 19.5. The second kappa shape index (κ2) is 13.4. The quantitative estimate of drug-likeness (QED) is 0.592. The van der Waals surface area contributed by atoms with Gasteiger partial charge in [-0.25, -0.2) is 0 Å². The summed E-state index contributed by atoms with van der Waals surface area (Å²) in [4.78, 5) is 3.78. The van der Waals surface area contributed by atoms with Gasteiger partial charge in [-0.2, -0.15) is 0 Å². The molecule has 0 bridgehead atoms. The molecule has 0 fully saturated rings. The number of phenols is 2. The first-order valence-electron chi connectivity index (χ1n) is 5.65. The van der Waals surface area contributed by atoms with Crippen molar-refractivity contribution in [1.82, 2.24) is 4.98 Å². The van der Waals surface area contributed by atoms with Gasteiger partial charge in [-0.05, 0) is 42.8 Å². The van der Waals surface area contributed by atoms with Gasteiger partial charge in [-0.3, -0.25) is 4.98 Å². The van der Waals surface area contributed by atoms with Crippen LogP contribution in [-0.4, -0.2) is 25.9 Å². The van der Waals surface area contributed by atoms with E-state index in [9.17, 15) is 0 Å². The van der Waals surface area contributed by atoms with Gasteiger partial charge in [0.2, 0.25) is 0 Å². The molecule has 1 aromatic heterocycles. The number of alkyl halides is 2. The summed E-state index contributed by atoms with van der Waals surface area (Å²) < 4.78 is 0. The Labute approximate surface area is 130 Å². The highest BCUT2D eigenvalue weighted by Crippen LogP contribution is 2.13. The van der Waals surface area contributed by atoms with Crippen LogP contribution in [0.4, 0.5) is 0 Å². The standard InChI is InChI=1S/C6H6O2.C5H5N.C3H6Br2/c7-5-1-2-6(8)4-3-5;1-2-4-6-5-3-1;4-2-1-3-5/h1-4,7-8H;1-5H;1-3H2. The Morgan fingerprint density at radius 1 is 0.789 bits per heavy atom. The van der Waals surface area contributed by atoms with Crippen LogP contribution in [0.1, 0.15) is 6.42 Å². The smallest absolute Gasteiger partial charge is 0.115 e. The van der Waals surface area contributed by atoms with E-state index in [1.165, 1.54) is 30.7 Å². The molecular formula is C14H17Br2NO2. The third-order valence-corrected chi connectivity index (χ3v) is 2.80. The van der Waals surface area contributed by atoms with Crippen molar-refractivity contribution in [1.29, 1.82) is 0 Å². The Bertz CT molecular complexity index is 346. The molecule has 3 nitrogen and oxygen atoms in total. The number of hydrogen-bond donors (Lipinski definition) is 2. The van der Waals surface area contributed by atoms with Crippen LogP contribution in [0.25, 0.3) is 0 Å². The van der Waals surface area contributed by atoms with E-state index in [2.05, 4.69) is 36.8 Å². The number of nitrogens with zero attached hydrogens (tertiary/aromatic N) is 1. The number of phenolic OH excluding ortho intramolecular Hbond substituents is 2. The van der Waals surface area contributed by atoms with E-state index < -0.39 is 0 Å². The molecule has 104 valence electrons. The van der Waals surface area contributed by atoms with E-state index in [1.807, 2.05) is 18.2 Å². The van der Waals surface area contributed by atoms with Crippen LogP contribution in [0.5, 0.6) is 11.5 Å². The minimum atomic E-state index is 0.169. The maximum absolute atomic E-state index is 8.65. The lowest BCUT2D eigenvalue weighted by molar-refractivity contribution is 0.460. The molecule has 5 heteroatoms. The SMILES string of the molecule is BrCCCBr.Oc1ccc(O)cc1.c1ccncc1. The molecule has 2 aromatic rings. The monoisotopic (exact) mass is 389 g/mol. The van der Waals surface area contributed by atoms with Gasteiger partial charge in [0.05, 0.1) is 0 Å². The Morgan fingerprint density at radius 2 is 1.21 bits per heavy atom. The van der Waals surface area contributed by atoms with Crippen LogP contribution in [0.15, 0.2) is 54.9 Å². The molecule has 0 aliphatic rings. The first kappa shape index (κ1) is 17.9. The van der Waals surface area contributed by atoms with E-state index >= 15 is 0 Å². The van der Waals surface area contributed by atoms with Crippen LogP contribution in [0, 0.1) is 0 Å². The highest BCUT2D eigenvalue weighted by molar-refractivity contribution is 9.09. The summed E-state index contributed by atoms with van der Waals surface area (Å²) in [6.07, 6.45) is 4.72. The third kappa shape index (κ3) is 13.2. The zero-order chi connectivity index (χ0) is 14.3. The van der Waals surface area contributed by atoms with Gasteiger partial charge in [-0.15, -0.1) is 0 Å². The number of rotatable bonds is 2. The Kier molecular flexibility index (Phi) is 12.6. The number of hydrogen-bond acceptors (Lipinski definition) is 3. The van der Waals surface area contributed by atoms with E-state index in [-0.39, 0.29) is 11.5 Å². The Morgan fingerprint density at radius 3 is 1.37 bits per heavy atom. The highest BCUT2D eigenvalue weighted by atomic mass is 79.9. The second-order valence-electron chi connectivity index (χ2n) is 3.27. The van der Waals surface area contributed by atoms with Gasteiger partial charge in [0.15, 0.2) is 0 Å². The highest BCUT2D eigenvalue weighted by Gasteiger charge is 1.84. The van der Waals surface area contributed by atoms with Crippen molar-refractivity contribution in [3.05, 3.63) is 54.9 Å². The molecule has 0 radical (unpaired) electrons. The summed E-state index contributed by atoms with van der Waals surface area (Å²) >= 11 is 6.56. The molecule has 2 N–H and O–H groups in total. The average Bonchev–Trinajstić information content (AvgIpc) is 2.46. The largest absolute Gasteiger partial charge is 0.508 e. The minimum Gasteiger partial charge on any atom is -0.508 e. The first-order chi connectivity index (χ1) is 9.20. The molecule has 1 aromatic carbocycles. The summed E-state index contributed by atoms with van der Waals surface area (Å²) in [6, 6.07) is 11.4. The minimum absolute atomic E-state index is 0.169. The fraction of sp³-hybridized carbons (Fsp3) is 0.214. The van der Waals surface area contributed by atoms with Crippen molar-refractivity contribution >= 4 is 31.9 Å². The van der Waals surface area contributed by atoms with Crippen molar-refractivity contribution in [3.8, 4) is 11.5 Å². The van der Waals surface area contributed by atoms with Crippen molar-refractivity contribution in [2.45, 2.75) is 6.42 Å². The lowest BCUT2D eigenvalue weighted by Crippen LogP contribution is -1.69. The van der Waals surface area contributed by atoms with Crippen LogP contribution in [0.3, 0.4) is 0 Å². The summed E-state index contributed by atoms with van der Waals surface area (Å²) in [6.45, 7) is 0. The number of pyridine rings is 1. The number of benzene rings is 1. The molecule has 0 spiro atoms. The fourth-order valence-electron chi connectivity index (χ4n) is 0.816. The molecule has 1 heterocycles. The van der Waals surface area contributed by atoms with Crippen LogP contribution in [0.2, 0.25) is 0 Å². The maximum Gasteiger partial charge on any atom is 0.115 e. The van der Waals surface area contributed by atoms with E-state index in [0.717, 1.165) is 10.7 Å². The molecule has 19 heavy (non-hydrogen) atoms. The predicted molar refractivity (Wildman–Crippen MR) is 86.2 cm³/mol. The van der Waals surface area contributed by atoms with E-state index in [4.69, 9.17) is 10.2 Å². The molecular weight excluding hydrogens is 374 g/mol. The van der Waals surface area contributed by atoms with Crippen molar-refractivity contribution in [3.63, 3.8) is 0 Å². The number of aromatic nitrogens is 1. The van der Waals surface area contributed by atoms with Crippen molar-refractivity contribution < 1.29 is 10.2 Å². The summed E-state index contributed by atoms with van der Waals surface area (Å²) in [5.74, 6) is 0.339. The van der Waals surface area contributed by atoms with E-state index in [1.54, 1.807) is 12.4 Å². The molecule has 0 unspecified atom stereocenters. The fourth-order valence-corrected chi connectivity index (χ4v) is 2.13. The zero-order valence-corrected chi connectivity index (χ0v) is 13.6. The van der Waals surface area contributed by atoms with Crippen LogP contribution < -0.4 is 0 Å². The van der Waals surface area contributed by atoms with E-state index in [0.29, 0.717) is 0 Å². The molecule has 0 saturated carbocycles. The van der Waals surface area contributed by atoms with Crippen LogP contribution in [-0.2, 0) is 0 Å². The molecule has 0 saturated heterocycles. The summed E-state index contributed by atoms with van der Waals surface area (Å²) in [7, 11) is 0. The topological polar surface area (TPSA) is 53.4 Å². The lowest BCUT2D eigenvalue weighted by atomic mass is 10.3. The van der Waals surface area contributed by atoms with Gasteiger partial charge in [-0.1, -0.05) is 37.9 Å². The maximum atomic E-state index is 8.65. The van der Waals surface area contributed by atoms with Crippen molar-refractivity contribution in [2.24, 2.45) is 0 Å². The van der Waals surface area contributed by atoms with Gasteiger partial charge in [0.1, 0.15) is 11.5 Å². The zero-order valence-electron chi connectivity index (χ0n) is 10.4. The Balaban J connectivity index is 0.000000265. The predicted octanol–water partition coefficient (Wildman–Crippen LogP) is 4.35. The Hall–Kier alpha value is -1.07. The normalized spacial score (nSPS) is 8.53. The van der Waals surface area contributed by atoms with Gasteiger partial charge in [0.25, 0.3) is 0 Å². The van der Waals surface area contributed by atoms with Gasteiger partial charge in [0, 0.05) is 23.1 Å². The summed E-state index contributed by atoms with van der Waals surface area (Å²) in [5.41, 5.74) is 0. The molecule has 0 aliphatic carbocycles. The molecule has 0 amide bonds. The first-order valence-corrected chi connectivity index (χ1v) is 7.90. The lowest BCUT2D eigenvalue weighted by Gasteiger charge is -1.88. The number of halogens is 2. The average molecular weight is 391 g/mol. The molecule has 2 rings (SSSR count). The number of aromatic hydroxyl groups is 2. The second-order valence-corrected chi connectivity index (χ2v) is 4.86. The van der Waals surface area contributed by atoms with Gasteiger partial charge >= 0.3 is 0 Å². The van der Waals surface area contributed by atoms with Crippen molar-refractivity contribution in [2.75, 3.05) is 10.7 Å². The van der Waals surface area contributed by atoms with Crippen LogP contribution >= 0.6 is 31.9 Å². The molecule has 0 atom stereocenters. The third-order valence-electron chi connectivity index (χ3n) is 1.68.